The van der Waals surface area contributed by atoms with E-state index in [9.17, 15) is 0 Å². The number of nitrogens with zero attached hydrogens (tertiary/aromatic N) is 1. The largest absolute Gasteiger partial charge is 0.354 e. The molecule has 0 atom stereocenters. The smallest absolute Gasteiger partial charge is 0.0992 e. The van der Waals surface area contributed by atoms with Crippen LogP contribution in [0.15, 0.2) is 40.9 Å². The molecule has 2 rings (SSSR count). The molecule has 90 valence electrons. The Kier molecular flexibility index (Phi) is 3.69. The van der Waals surface area contributed by atoms with E-state index in [2.05, 4.69) is 47.2 Å². The fourth-order valence-electron chi connectivity index (χ4n) is 1.72. The molecule has 1 N–H and O–H groups in total. The van der Waals surface area contributed by atoms with Crippen molar-refractivity contribution in [2.75, 3.05) is 5.32 Å². The third-order valence-electron chi connectivity index (χ3n) is 2.97. The van der Waals surface area contributed by atoms with Crippen molar-refractivity contribution in [2.45, 2.75) is 13.8 Å². The molecule has 0 aliphatic carbocycles. The summed E-state index contributed by atoms with van der Waals surface area (Å²) in [4.78, 5) is 0. The van der Waals surface area contributed by atoms with Crippen molar-refractivity contribution in [3.63, 3.8) is 0 Å². The van der Waals surface area contributed by atoms with Gasteiger partial charge in [-0.1, -0.05) is 12.1 Å². The second-order valence-electron chi connectivity index (χ2n) is 4.18. The van der Waals surface area contributed by atoms with Crippen LogP contribution in [0.2, 0.25) is 0 Å². The van der Waals surface area contributed by atoms with Crippen LogP contribution in [0.1, 0.15) is 16.7 Å². The fourth-order valence-corrected chi connectivity index (χ4v) is 2.20. The Bertz CT molecular complexity index is 627. The van der Waals surface area contributed by atoms with E-state index in [1.54, 1.807) is 6.07 Å². The summed E-state index contributed by atoms with van der Waals surface area (Å²) in [6, 6.07) is 13.8. The maximum atomic E-state index is 8.83. The van der Waals surface area contributed by atoms with Crippen LogP contribution in [0, 0.1) is 25.2 Å². The summed E-state index contributed by atoms with van der Waals surface area (Å²) in [6.07, 6.45) is 0. The minimum Gasteiger partial charge on any atom is -0.354 e. The Hall–Kier alpha value is -1.79. The Morgan fingerprint density at radius 2 is 1.89 bits per heavy atom. The van der Waals surface area contributed by atoms with Crippen molar-refractivity contribution in [3.05, 3.63) is 57.6 Å². The first-order valence-corrected chi connectivity index (χ1v) is 6.44. The molecule has 2 aromatic carbocycles. The number of rotatable bonds is 2. The quantitative estimate of drug-likeness (QED) is 0.874. The first kappa shape index (κ1) is 12.7. The number of nitrogens with one attached hydrogen (secondary N) is 1. The van der Waals surface area contributed by atoms with E-state index in [0.29, 0.717) is 5.56 Å². The van der Waals surface area contributed by atoms with Gasteiger partial charge in [0.1, 0.15) is 0 Å². The van der Waals surface area contributed by atoms with Crippen molar-refractivity contribution in [1.29, 1.82) is 5.26 Å². The highest BCUT2D eigenvalue weighted by atomic mass is 79.9. The molecule has 0 aliphatic rings. The lowest BCUT2D eigenvalue weighted by molar-refractivity contribution is 1.33. The van der Waals surface area contributed by atoms with E-state index < -0.39 is 0 Å². The molecule has 0 aromatic heterocycles. The molecule has 0 saturated carbocycles. The van der Waals surface area contributed by atoms with E-state index >= 15 is 0 Å². The standard InChI is InChI=1S/C15H13BrN2/c1-10-4-3-5-14(11(10)2)18-15-7-6-12(9-17)8-13(15)16/h3-8,18H,1-2H3. The van der Waals surface area contributed by atoms with Gasteiger partial charge in [-0.3, -0.25) is 0 Å². The van der Waals surface area contributed by atoms with Crippen molar-refractivity contribution >= 4 is 27.3 Å². The maximum Gasteiger partial charge on any atom is 0.0992 e. The molecule has 0 heterocycles. The van der Waals surface area contributed by atoms with Crippen LogP contribution >= 0.6 is 15.9 Å². The summed E-state index contributed by atoms with van der Waals surface area (Å²) < 4.78 is 0.891. The average Bonchev–Trinajstić information content (AvgIpc) is 2.37. The Morgan fingerprint density at radius 1 is 1.11 bits per heavy atom. The number of nitriles is 1. The van der Waals surface area contributed by atoms with Crippen molar-refractivity contribution in [1.82, 2.24) is 0 Å². The second kappa shape index (κ2) is 5.24. The molecule has 0 radical (unpaired) electrons. The van der Waals surface area contributed by atoms with E-state index in [1.165, 1.54) is 11.1 Å². The lowest BCUT2D eigenvalue weighted by Crippen LogP contribution is -1.95. The maximum absolute atomic E-state index is 8.83. The van der Waals surface area contributed by atoms with Crippen LogP contribution in [0.4, 0.5) is 11.4 Å². The lowest BCUT2D eigenvalue weighted by atomic mass is 10.1. The normalized spacial score (nSPS) is 9.89. The van der Waals surface area contributed by atoms with Crippen molar-refractivity contribution in [2.24, 2.45) is 0 Å². The monoisotopic (exact) mass is 300 g/mol. The zero-order valence-electron chi connectivity index (χ0n) is 10.3. The van der Waals surface area contributed by atoms with Gasteiger partial charge in [-0.25, -0.2) is 0 Å². The second-order valence-corrected chi connectivity index (χ2v) is 5.03. The molecule has 0 spiro atoms. The molecule has 0 fully saturated rings. The van der Waals surface area contributed by atoms with Crippen LogP contribution in [0.5, 0.6) is 0 Å². The Balaban J connectivity index is 2.35. The number of hydrogen-bond donors (Lipinski definition) is 1. The van der Waals surface area contributed by atoms with Gasteiger partial charge in [0.15, 0.2) is 0 Å². The minimum atomic E-state index is 0.647. The van der Waals surface area contributed by atoms with Crippen LogP contribution in [-0.2, 0) is 0 Å². The fraction of sp³-hybridized carbons (Fsp3) is 0.133. The van der Waals surface area contributed by atoms with Gasteiger partial charge in [-0.15, -0.1) is 0 Å². The van der Waals surface area contributed by atoms with Gasteiger partial charge >= 0.3 is 0 Å². The molecular formula is C15H13BrN2. The SMILES string of the molecule is Cc1cccc(Nc2ccc(C#N)cc2Br)c1C. The van der Waals surface area contributed by atoms with E-state index in [-0.39, 0.29) is 0 Å². The first-order chi connectivity index (χ1) is 8.61. The average molecular weight is 301 g/mol. The predicted octanol–water partition coefficient (Wildman–Crippen LogP) is 4.68. The zero-order valence-corrected chi connectivity index (χ0v) is 11.9. The van der Waals surface area contributed by atoms with Crippen LogP contribution in [-0.4, -0.2) is 0 Å². The number of aryl methyl sites for hydroxylation is 1. The van der Waals surface area contributed by atoms with E-state index in [0.717, 1.165) is 15.8 Å². The van der Waals surface area contributed by atoms with Crippen LogP contribution < -0.4 is 5.32 Å². The number of hydrogen-bond acceptors (Lipinski definition) is 2. The summed E-state index contributed by atoms with van der Waals surface area (Å²) >= 11 is 3.47. The van der Waals surface area contributed by atoms with Crippen molar-refractivity contribution < 1.29 is 0 Å². The van der Waals surface area contributed by atoms with Gasteiger partial charge in [0, 0.05) is 10.2 Å². The highest BCUT2D eigenvalue weighted by Crippen LogP contribution is 2.29. The zero-order chi connectivity index (χ0) is 13.1. The number of anilines is 2. The highest BCUT2D eigenvalue weighted by Gasteiger charge is 2.04. The third-order valence-corrected chi connectivity index (χ3v) is 3.63. The van der Waals surface area contributed by atoms with Gasteiger partial charge in [0.25, 0.3) is 0 Å². The minimum absolute atomic E-state index is 0.647. The highest BCUT2D eigenvalue weighted by molar-refractivity contribution is 9.10. The molecule has 0 bridgehead atoms. The molecular weight excluding hydrogens is 288 g/mol. The van der Waals surface area contributed by atoms with Gasteiger partial charge < -0.3 is 5.32 Å². The first-order valence-electron chi connectivity index (χ1n) is 5.64. The number of halogens is 1. The van der Waals surface area contributed by atoms with Crippen LogP contribution in [0.3, 0.4) is 0 Å². The molecule has 0 aliphatic heterocycles. The molecule has 2 nitrogen and oxygen atoms in total. The van der Waals surface area contributed by atoms with Gasteiger partial charge in [-0.2, -0.15) is 5.26 Å². The summed E-state index contributed by atoms with van der Waals surface area (Å²) in [7, 11) is 0. The van der Waals surface area contributed by atoms with Gasteiger partial charge in [-0.05, 0) is 65.2 Å². The molecule has 0 saturated heterocycles. The summed E-state index contributed by atoms with van der Waals surface area (Å²) in [5, 5.41) is 12.2. The Labute approximate surface area is 115 Å². The lowest BCUT2D eigenvalue weighted by Gasteiger charge is -2.12. The molecule has 3 heteroatoms. The predicted molar refractivity (Wildman–Crippen MR) is 78.1 cm³/mol. The third kappa shape index (κ3) is 2.55. The molecule has 18 heavy (non-hydrogen) atoms. The van der Waals surface area contributed by atoms with E-state index in [4.69, 9.17) is 5.26 Å². The topological polar surface area (TPSA) is 35.8 Å². The van der Waals surface area contributed by atoms with E-state index in [1.807, 2.05) is 24.3 Å². The summed E-state index contributed by atoms with van der Waals surface area (Å²) in [6.45, 7) is 4.18. The number of benzene rings is 2. The summed E-state index contributed by atoms with van der Waals surface area (Å²) in [5.74, 6) is 0. The van der Waals surface area contributed by atoms with Gasteiger partial charge in [0.05, 0.1) is 17.3 Å². The van der Waals surface area contributed by atoms with Crippen LogP contribution in [0.25, 0.3) is 0 Å². The summed E-state index contributed by atoms with van der Waals surface area (Å²) in [5.41, 5.74) is 5.18. The Morgan fingerprint density at radius 3 is 2.56 bits per heavy atom. The molecule has 0 amide bonds. The van der Waals surface area contributed by atoms with Crippen molar-refractivity contribution in [3.8, 4) is 6.07 Å². The molecule has 2 aromatic rings. The van der Waals surface area contributed by atoms with Gasteiger partial charge in [0.2, 0.25) is 0 Å². The molecule has 0 unspecified atom stereocenters.